The van der Waals surface area contributed by atoms with Gasteiger partial charge in [-0.1, -0.05) is 12.2 Å². The summed E-state index contributed by atoms with van der Waals surface area (Å²) < 4.78 is 5.03. The molecule has 3 aliphatic rings. The van der Waals surface area contributed by atoms with Crippen LogP contribution < -0.4 is 5.32 Å². The molecule has 3 nitrogen and oxygen atoms in total. The summed E-state index contributed by atoms with van der Waals surface area (Å²) in [6, 6.07) is 0.283. The fourth-order valence-electron chi connectivity index (χ4n) is 2.71. The second-order valence-electron chi connectivity index (χ2n) is 4.63. The molecule has 2 fully saturated rings. The minimum absolute atomic E-state index is 0.241. The van der Waals surface area contributed by atoms with Gasteiger partial charge in [0.1, 0.15) is 0 Å². The third kappa shape index (κ3) is 1.27. The average molecular weight is 193 g/mol. The largest absolute Gasteiger partial charge is 0.377 e. The predicted molar refractivity (Wildman–Crippen MR) is 51.6 cm³/mol. The molecular weight excluding hydrogens is 178 g/mol. The normalized spacial score (nSPS) is 39.9. The molecule has 0 radical (unpaired) electrons. The van der Waals surface area contributed by atoms with Gasteiger partial charge in [0.05, 0.1) is 19.3 Å². The van der Waals surface area contributed by atoms with Crippen LogP contribution in [-0.4, -0.2) is 25.2 Å². The first-order valence-corrected chi connectivity index (χ1v) is 5.39. The van der Waals surface area contributed by atoms with E-state index in [1.807, 2.05) is 0 Å². The Morgan fingerprint density at radius 2 is 2.14 bits per heavy atom. The van der Waals surface area contributed by atoms with Crippen LogP contribution >= 0.6 is 0 Å². The number of allylic oxidation sites excluding steroid dienone is 2. The van der Waals surface area contributed by atoms with Crippen LogP contribution in [0, 0.1) is 17.8 Å². The van der Waals surface area contributed by atoms with Crippen LogP contribution in [0.2, 0.25) is 0 Å². The smallest absolute Gasteiger partial charge is 0.224 e. The molecule has 0 spiro atoms. The summed E-state index contributed by atoms with van der Waals surface area (Å²) in [4.78, 5) is 11.8. The molecule has 76 valence electrons. The molecule has 2 aliphatic carbocycles. The van der Waals surface area contributed by atoms with E-state index in [1.165, 1.54) is 6.42 Å². The quantitative estimate of drug-likeness (QED) is 0.656. The lowest BCUT2D eigenvalue weighted by Crippen LogP contribution is -2.50. The van der Waals surface area contributed by atoms with Gasteiger partial charge in [0.25, 0.3) is 0 Å². The van der Waals surface area contributed by atoms with Crippen molar-refractivity contribution in [3.63, 3.8) is 0 Å². The maximum atomic E-state index is 11.8. The molecule has 1 saturated carbocycles. The Morgan fingerprint density at radius 1 is 1.29 bits per heavy atom. The Morgan fingerprint density at radius 3 is 2.64 bits per heavy atom. The van der Waals surface area contributed by atoms with Crippen molar-refractivity contribution in [2.45, 2.75) is 18.9 Å². The molecule has 1 N–H and O–H groups in total. The molecule has 3 unspecified atom stereocenters. The van der Waals surface area contributed by atoms with E-state index in [1.54, 1.807) is 0 Å². The Bertz CT molecular complexity index is 283. The third-order valence-electron chi connectivity index (χ3n) is 3.60. The van der Waals surface area contributed by atoms with E-state index >= 15 is 0 Å². The van der Waals surface area contributed by atoms with Gasteiger partial charge in [-0.2, -0.15) is 0 Å². The first-order chi connectivity index (χ1) is 6.83. The summed E-state index contributed by atoms with van der Waals surface area (Å²) in [6.45, 7) is 1.39. The van der Waals surface area contributed by atoms with Crippen LogP contribution in [0.15, 0.2) is 12.2 Å². The first-order valence-electron chi connectivity index (χ1n) is 5.39. The van der Waals surface area contributed by atoms with Crippen molar-refractivity contribution in [3.05, 3.63) is 12.2 Å². The summed E-state index contributed by atoms with van der Waals surface area (Å²) in [5.74, 6) is 1.68. The maximum absolute atomic E-state index is 11.8. The van der Waals surface area contributed by atoms with Crippen molar-refractivity contribution < 1.29 is 9.53 Å². The molecule has 3 rings (SSSR count). The highest BCUT2D eigenvalue weighted by Crippen LogP contribution is 2.43. The first kappa shape index (κ1) is 8.48. The van der Waals surface area contributed by atoms with Gasteiger partial charge in [-0.3, -0.25) is 4.79 Å². The van der Waals surface area contributed by atoms with Crippen LogP contribution in [0.3, 0.4) is 0 Å². The zero-order valence-corrected chi connectivity index (χ0v) is 8.11. The molecule has 0 aromatic carbocycles. The Kier molecular flexibility index (Phi) is 1.87. The van der Waals surface area contributed by atoms with Gasteiger partial charge in [0.15, 0.2) is 0 Å². The molecule has 1 aliphatic heterocycles. The van der Waals surface area contributed by atoms with Crippen molar-refractivity contribution in [1.29, 1.82) is 0 Å². The zero-order valence-electron chi connectivity index (χ0n) is 8.11. The highest BCUT2D eigenvalue weighted by molar-refractivity contribution is 5.80. The van der Waals surface area contributed by atoms with E-state index in [2.05, 4.69) is 17.5 Å². The number of ether oxygens (including phenoxy) is 1. The standard InChI is InChI=1S/C11H15NO2/c13-11(12-9-5-14-6-9)10-4-7-1-2-8(10)3-7/h1-2,7-10H,3-6H2,(H,12,13). The second-order valence-corrected chi connectivity index (χ2v) is 4.63. The fourth-order valence-corrected chi connectivity index (χ4v) is 2.71. The van der Waals surface area contributed by atoms with E-state index in [0.717, 1.165) is 6.42 Å². The van der Waals surface area contributed by atoms with E-state index in [0.29, 0.717) is 25.0 Å². The lowest BCUT2D eigenvalue weighted by molar-refractivity contribution is -0.129. The summed E-state index contributed by atoms with van der Waals surface area (Å²) >= 11 is 0. The van der Waals surface area contributed by atoms with Gasteiger partial charge in [0, 0.05) is 5.92 Å². The highest BCUT2D eigenvalue weighted by Gasteiger charge is 2.40. The Labute approximate surface area is 83.5 Å². The van der Waals surface area contributed by atoms with E-state index in [-0.39, 0.29) is 17.9 Å². The number of carbonyl (C=O) groups excluding carboxylic acids is 1. The number of fused-ring (bicyclic) bond motifs is 2. The number of carbonyl (C=O) groups is 1. The molecule has 3 atom stereocenters. The molecule has 1 saturated heterocycles. The van der Waals surface area contributed by atoms with E-state index in [4.69, 9.17) is 4.74 Å². The van der Waals surface area contributed by atoms with Crippen LogP contribution in [0.5, 0.6) is 0 Å². The molecule has 14 heavy (non-hydrogen) atoms. The number of hydrogen-bond acceptors (Lipinski definition) is 2. The van der Waals surface area contributed by atoms with Crippen molar-refractivity contribution >= 4 is 5.91 Å². The molecule has 2 bridgehead atoms. The zero-order chi connectivity index (χ0) is 9.54. The van der Waals surface area contributed by atoms with Gasteiger partial charge in [-0.15, -0.1) is 0 Å². The molecule has 3 heteroatoms. The molecule has 1 amide bonds. The number of amides is 1. The van der Waals surface area contributed by atoms with Crippen molar-refractivity contribution in [2.24, 2.45) is 17.8 Å². The summed E-state index contributed by atoms with van der Waals surface area (Å²) in [5, 5.41) is 3.05. The minimum atomic E-state index is 0.241. The molecule has 0 aromatic heterocycles. The van der Waals surface area contributed by atoms with Crippen LogP contribution in [0.1, 0.15) is 12.8 Å². The predicted octanol–water partition coefficient (Wildman–Crippen LogP) is 0.714. The number of rotatable bonds is 2. The summed E-state index contributed by atoms with van der Waals surface area (Å²) in [7, 11) is 0. The van der Waals surface area contributed by atoms with Gasteiger partial charge < -0.3 is 10.1 Å². The van der Waals surface area contributed by atoms with E-state index in [9.17, 15) is 4.79 Å². The average Bonchev–Trinajstić information content (AvgIpc) is 2.71. The number of hydrogen-bond donors (Lipinski definition) is 1. The topological polar surface area (TPSA) is 38.3 Å². The molecule has 0 aromatic rings. The summed E-state index contributed by atoms with van der Waals surface area (Å²) in [5.41, 5.74) is 0. The van der Waals surface area contributed by atoms with Crippen molar-refractivity contribution in [1.82, 2.24) is 5.32 Å². The van der Waals surface area contributed by atoms with Crippen LogP contribution in [0.25, 0.3) is 0 Å². The van der Waals surface area contributed by atoms with Gasteiger partial charge in [0.2, 0.25) is 5.91 Å². The highest BCUT2D eigenvalue weighted by atomic mass is 16.5. The Balaban J connectivity index is 1.60. The maximum Gasteiger partial charge on any atom is 0.224 e. The molecular formula is C11H15NO2. The Hall–Kier alpha value is -0.830. The van der Waals surface area contributed by atoms with E-state index < -0.39 is 0 Å². The SMILES string of the molecule is O=C(NC1COC1)C1CC2C=CC1C2. The van der Waals surface area contributed by atoms with Gasteiger partial charge in [-0.25, -0.2) is 0 Å². The lowest BCUT2D eigenvalue weighted by Gasteiger charge is -2.29. The number of nitrogens with one attached hydrogen (secondary N) is 1. The monoisotopic (exact) mass is 193 g/mol. The fraction of sp³-hybridized carbons (Fsp3) is 0.727. The van der Waals surface area contributed by atoms with Crippen molar-refractivity contribution in [3.8, 4) is 0 Å². The van der Waals surface area contributed by atoms with Crippen LogP contribution in [0.4, 0.5) is 0 Å². The van der Waals surface area contributed by atoms with Gasteiger partial charge in [-0.05, 0) is 24.7 Å². The van der Waals surface area contributed by atoms with Crippen molar-refractivity contribution in [2.75, 3.05) is 13.2 Å². The molecule has 1 heterocycles. The third-order valence-corrected chi connectivity index (χ3v) is 3.60. The van der Waals surface area contributed by atoms with Crippen LogP contribution in [-0.2, 0) is 9.53 Å². The van der Waals surface area contributed by atoms with Gasteiger partial charge >= 0.3 is 0 Å². The second kappa shape index (κ2) is 3.09. The minimum Gasteiger partial charge on any atom is -0.377 e. The lowest BCUT2D eigenvalue weighted by atomic mass is 9.92. The summed E-state index contributed by atoms with van der Waals surface area (Å²) in [6.07, 6.45) is 6.73.